The van der Waals surface area contributed by atoms with E-state index in [4.69, 9.17) is 0 Å². The van der Waals surface area contributed by atoms with Crippen LogP contribution in [0.4, 0.5) is 0 Å². The smallest absolute Gasteiger partial charge is 0.190 e. The lowest BCUT2D eigenvalue weighted by molar-refractivity contribution is -0.975. The summed E-state index contributed by atoms with van der Waals surface area (Å²) in [5.41, 5.74) is 11.5. The Kier molecular flexibility index (Phi) is 19.7. The number of quaternary nitrogens is 1. The molecular weight excluding hydrogens is 753 g/mol. The first-order valence-electron chi connectivity index (χ1n) is 27.8. The van der Waals surface area contributed by atoms with E-state index in [1.54, 1.807) is 27.8 Å². The Labute approximate surface area is 381 Å². The molecule has 5 aliphatic carbocycles. The van der Waals surface area contributed by atoms with Gasteiger partial charge < -0.3 is 0 Å². The van der Waals surface area contributed by atoms with E-state index in [1.807, 2.05) is 5.57 Å². The Morgan fingerprint density at radius 3 is 1.52 bits per heavy atom. The van der Waals surface area contributed by atoms with Gasteiger partial charge in [0.2, 0.25) is 0 Å². The fourth-order valence-corrected chi connectivity index (χ4v) is 19.6. The lowest BCUT2D eigenvalue weighted by Gasteiger charge is -2.53. The minimum atomic E-state index is -1.80. The first kappa shape index (κ1) is 49.3. The normalized spacial score (nSPS) is 22.3. The van der Waals surface area contributed by atoms with Crippen molar-refractivity contribution in [1.29, 1.82) is 0 Å². The summed E-state index contributed by atoms with van der Waals surface area (Å²) in [6, 6.07) is 6.36. The van der Waals surface area contributed by atoms with Gasteiger partial charge in [-0.15, -0.1) is 0 Å². The third-order valence-corrected chi connectivity index (χ3v) is 22.0. The van der Waals surface area contributed by atoms with E-state index in [-0.39, 0.29) is 5.41 Å². The van der Waals surface area contributed by atoms with E-state index in [0.29, 0.717) is 0 Å². The van der Waals surface area contributed by atoms with Crippen LogP contribution in [0.5, 0.6) is 0 Å². The molecule has 61 heavy (non-hydrogen) atoms. The zero-order chi connectivity index (χ0) is 43.1. The van der Waals surface area contributed by atoms with Gasteiger partial charge in [0.15, 0.2) is 8.24 Å². The molecule has 0 radical (unpaired) electrons. The summed E-state index contributed by atoms with van der Waals surface area (Å²) in [6.07, 6.45) is 57.3. The average Bonchev–Trinajstić information content (AvgIpc) is 3.95. The van der Waals surface area contributed by atoms with Crippen molar-refractivity contribution in [3.8, 4) is 0 Å². The summed E-state index contributed by atoms with van der Waals surface area (Å²) in [5.74, 6) is 1.45. The molecular formula is C58H101N2Si+. The fourth-order valence-electron chi connectivity index (χ4n) is 14.4. The van der Waals surface area contributed by atoms with Crippen molar-refractivity contribution in [1.82, 2.24) is 4.67 Å². The zero-order valence-electron chi connectivity index (χ0n) is 42.0. The average molecular weight is 855 g/mol. The summed E-state index contributed by atoms with van der Waals surface area (Å²) in [6.45, 7) is 10.3. The van der Waals surface area contributed by atoms with Crippen molar-refractivity contribution in [2.45, 2.75) is 275 Å². The molecule has 6 rings (SSSR count). The first-order valence-corrected chi connectivity index (χ1v) is 30.9. The van der Waals surface area contributed by atoms with Crippen molar-refractivity contribution >= 4 is 13.8 Å². The highest BCUT2D eigenvalue weighted by Crippen LogP contribution is 2.62. The summed E-state index contributed by atoms with van der Waals surface area (Å²) in [5, 5.41) is 0. The van der Waals surface area contributed by atoms with E-state index in [2.05, 4.69) is 77.0 Å². The second-order valence-corrected chi connectivity index (χ2v) is 27.7. The van der Waals surface area contributed by atoms with Gasteiger partial charge in [-0.2, -0.15) is 4.67 Å². The first-order chi connectivity index (χ1) is 29.6. The molecule has 1 aromatic rings. The van der Waals surface area contributed by atoms with E-state index < -0.39 is 8.24 Å². The molecule has 0 saturated heterocycles. The minimum absolute atomic E-state index is 0.225. The quantitative estimate of drug-likeness (QED) is 0.0323. The van der Waals surface area contributed by atoms with Gasteiger partial charge in [-0.3, -0.25) is 4.59 Å². The fraction of sp³-hybridized carbons (Fsp3) is 0.828. The van der Waals surface area contributed by atoms with Crippen molar-refractivity contribution in [3.63, 3.8) is 0 Å². The SMILES string of the molecule is CCCCCCCCCCCCCCC1(CCCCCCCCCCCCCC)C2=CC3C(C=C2c2cc4c(cc21)CCC4)CCC3[Si](C)(C)N(C1CCCCC1)[N+](C)(C)C. The lowest BCUT2D eigenvalue weighted by Crippen LogP contribution is -2.69. The Morgan fingerprint density at radius 1 is 0.557 bits per heavy atom. The zero-order valence-corrected chi connectivity index (χ0v) is 43.0. The number of benzene rings is 1. The van der Waals surface area contributed by atoms with Crippen LogP contribution >= 0.6 is 0 Å². The third-order valence-electron chi connectivity index (χ3n) is 17.3. The number of hydrogen-bond acceptors (Lipinski definition) is 1. The summed E-state index contributed by atoms with van der Waals surface area (Å²) >= 11 is 0. The molecule has 0 spiro atoms. The molecule has 3 atom stereocenters. The molecule has 2 nitrogen and oxygen atoms in total. The van der Waals surface area contributed by atoms with Gasteiger partial charge in [-0.25, -0.2) is 0 Å². The van der Waals surface area contributed by atoms with Crippen LogP contribution in [0.15, 0.2) is 29.9 Å². The second-order valence-electron chi connectivity index (χ2n) is 23.2. The predicted octanol–water partition coefficient (Wildman–Crippen LogP) is 17.8. The van der Waals surface area contributed by atoms with Crippen LogP contribution in [-0.2, 0) is 18.3 Å². The lowest BCUT2D eigenvalue weighted by atomic mass is 9.68. The molecule has 0 N–H and O–H groups in total. The monoisotopic (exact) mass is 854 g/mol. The van der Waals surface area contributed by atoms with Gasteiger partial charge in [0.1, 0.15) is 0 Å². The molecule has 0 aromatic heterocycles. The van der Waals surface area contributed by atoms with E-state index >= 15 is 0 Å². The van der Waals surface area contributed by atoms with Gasteiger partial charge in [-0.05, 0) is 102 Å². The van der Waals surface area contributed by atoms with E-state index in [0.717, 1.165) is 28.0 Å². The number of aryl methyl sites for hydroxylation is 2. The molecule has 5 aliphatic rings. The van der Waals surface area contributed by atoms with Gasteiger partial charge >= 0.3 is 0 Å². The molecule has 2 saturated carbocycles. The maximum Gasteiger partial charge on any atom is 0.190 e. The van der Waals surface area contributed by atoms with Crippen LogP contribution < -0.4 is 0 Å². The molecule has 346 valence electrons. The van der Waals surface area contributed by atoms with Crippen LogP contribution in [-0.4, -0.2) is 44.7 Å². The topological polar surface area (TPSA) is 3.24 Å². The summed E-state index contributed by atoms with van der Waals surface area (Å²) < 4.78 is 4.17. The van der Waals surface area contributed by atoms with Gasteiger partial charge in [-0.1, -0.05) is 231 Å². The van der Waals surface area contributed by atoms with Gasteiger partial charge in [0.25, 0.3) is 0 Å². The molecule has 3 heteroatoms. The maximum atomic E-state index is 3.15. The van der Waals surface area contributed by atoms with Crippen LogP contribution in [0.25, 0.3) is 5.57 Å². The number of rotatable bonds is 30. The van der Waals surface area contributed by atoms with E-state index in [1.165, 1.54) is 231 Å². The third kappa shape index (κ3) is 12.8. The van der Waals surface area contributed by atoms with Crippen molar-refractivity contribution in [2.24, 2.45) is 11.8 Å². The largest absolute Gasteiger partial charge is 0.258 e. The highest BCUT2D eigenvalue weighted by atomic mass is 28.3. The molecule has 2 fully saturated rings. The number of allylic oxidation sites excluding steroid dienone is 4. The molecule has 1 aromatic carbocycles. The number of fused-ring (bicyclic) bond motifs is 5. The minimum Gasteiger partial charge on any atom is -0.258 e. The van der Waals surface area contributed by atoms with Crippen LogP contribution in [0.3, 0.4) is 0 Å². The predicted molar refractivity (Wildman–Crippen MR) is 272 cm³/mol. The number of nitrogens with zero attached hydrogens (tertiary/aromatic N) is 2. The molecule has 0 heterocycles. The van der Waals surface area contributed by atoms with Gasteiger partial charge in [0, 0.05) is 11.5 Å². The molecule has 0 amide bonds. The number of unbranched alkanes of at least 4 members (excludes halogenated alkanes) is 22. The van der Waals surface area contributed by atoms with Crippen molar-refractivity contribution in [2.75, 3.05) is 21.1 Å². The second kappa shape index (κ2) is 24.4. The Balaban J connectivity index is 1.20. The van der Waals surface area contributed by atoms with Crippen LogP contribution in [0, 0.1) is 11.8 Å². The Bertz CT molecular complexity index is 1480. The van der Waals surface area contributed by atoms with Crippen molar-refractivity contribution < 1.29 is 4.59 Å². The Morgan fingerprint density at radius 2 is 1.03 bits per heavy atom. The van der Waals surface area contributed by atoms with Crippen LogP contribution in [0.1, 0.15) is 254 Å². The van der Waals surface area contributed by atoms with E-state index in [9.17, 15) is 0 Å². The summed E-state index contributed by atoms with van der Waals surface area (Å²) in [4.78, 5) is 0. The van der Waals surface area contributed by atoms with Crippen LogP contribution in [0.2, 0.25) is 18.6 Å². The maximum absolute atomic E-state index is 3.15. The highest BCUT2D eigenvalue weighted by Gasteiger charge is 2.56. The van der Waals surface area contributed by atoms with Crippen molar-refractivity contribution in [3.05, 3.63) is 52.1 Å². The van der Waals surface area contributed by atoms with Gasteiger partial charge in [0.05, 0.1) is 21.1 Å². The molecule has 3 unspecified atom stereocenters. The number of hydrogen-bond donors (Lipinski definition) is 0. The highest BCUT2D eigenvalue weighted by molar-refractivity contribution is 6.76. The molecule has 0 bridgehead atoms. The standard InChI is InChI=1S/C58H101N2Si/c1-8-10-12-14-16-18-20-22-24-26-28-33-42-58(43-34-29-27-25-23-21-19-17-15-13-11-9-2)55-46-49-37-35-36-48(49)44-53(55)54-45-50-40-41-57(52(50)47-56(54)58)61(6,7)59(60(3,4)5)51-38-31-30-32-39-51/h44-47,50-52,57H,8-43H2,1-7H3/q+1. The Hall–Kier alpha value is -1.16. The molecule has 0 aliphatic heterocycles. The summed E-state index contributed by atoms with van der Waals surface area (Å²) in [7, 11) is 5.72.